The second-order valence-corrected chi connectivity index (χ2v) is 9.34. The third-order valence-electron chi connectivity index (χ3n) is 6.78. The zero-order valence-corrected chi connectivity index (χ0v) is 23.9. The van der Waals surface area contributed by atoms with Gasteiger partial charge in [-0.25, -0.2) is 0 Å². The number of pyridine rings is 1. The number of piperazine rings is 1. The van der Waals surface area contributed by atoms with E-state index in [0.29, 0.717) is 17.3 Å². The van der Waals surface area contributed by atoms with Gasteiger partial charge in [0.15, 0.2) is 0 Å². The van der Waals surface area contributed by atoms with Gasteiger partial charge in [-0.1, -0.05) is 60.7 Å². The number of rotatable bonds is 10. The van der Waals surface area contributed by atoms with Gasteiger partial charge in [-0.05, 0) is 41.8 Å². The topological polar surface area (TPSA) is 117 Å². The van der Waals surface area contributed by atoms with Crippen LogP contribution in [0.15, 0.2) is 72.9 Å². The third-order valence-corrected chi connectivity index (χ3v) is 6.78. The second-order valence-electron chi connectivity index (χ2n) is 9.34. The number of aromatic nitrogens is 1. The smallest absolute Gasteiger partial charge is 0.287 e. The number of Topliss-reactive ketones (excluding diaryl/α,β-unsaturated/α-hetero) is 1. The molecule has 4 rings (SSSR count). The van der Waals surface area contributed by atoms with Crippen LogP contribution in [0.1, 0.15) is 45.7 Å². The van der Waals surface area contributed by atoms with E-state index in [1.54, 1.807) is 24.4 Å². The molecule has 0 saturated carbocycles. The Morgan fingerprint density at radius 1 is 0.975 bits per heavy atom. The zero-order valence-electron chi connectivity index (χ0n) is 22.3. The van der Waals surface area contributed by atoms with E-state index >= 15 is 0 Å². The summed E-state index contributed by atoms with van der Waals surface area (Å²) in [7, 11) is 0. The molecule has 4 N–H and O–H groups in total. The van der Waals surface area contributed by atoms with Crippen LogP contribution in [-0.2, 0) is 16.0 Å². The average Bonchev–Trinajstić information content (AvgIpc) is 2.96. The van der Waals surface area contributed by atoms with Crippen molar-refractivity contribution in [1.29, 1.82) is 0 Å². The van der Waals surface area contributed by atoms with Crippen LogP contribution in [0.3, 0.4) is 0 Å². The van der Waals surface area contributed by atoms with Crippen LogP contribution >= 0.6 is 24.8 Å². The number of halogens is 2. The van der Waals surface area contributed by atoms with Gasteiger partial charge in [-0.15, -0.1) is 24.8 Å². The van der Waals surface area contributed by atoms with Gasteiger partial charge in [0.1, 0.15) is 6.04 Å². The lowest BCUT2D eigenvalue weighted by Crippen LogP contribution is -2.47. The monoisotopic (exact) mass is 583 g/mol. The van der Waals surface area contributed by atoms with Gasteiger partial charge in [0.05, 0.1) is 11.3 Å². The van der Waals surface area contributed by atoms with Gasteiger partial charge in [-0.3, -0.25) is 24.3 Å². The summed E-state index contributed by atoms with van der Waals surface area (Å²) in [4.78, 5) is 44.1. The predicted molar refractivity (Wildman–Crippen MR) is 163 cm³/mol. The molecule has 40 heavy (non-hydrogen) atoms. The van der Waals surface area contributed by atoms with E-state index in [1.165, 1.54) is 5.56 Å². The molecule has 2 atom stereocenters. The van der Waals surface area contributed by atoms with E-state index in [9.17, 15) is 14.4 Å². The number of amides is 2. The Morgan fingerprint density at radius 3 is 2.30 bits per heavy atom. The molecule has 3 aromatic rings. The first kappa shape index (κ1) is 32.7. The molecule has 1 aromatic heterocycles. The van der Waals surface area contributed by atoms with Crippen molar-refractivity contribution in [2.45, 2.75) is 25.4 Å². The van der Waals surface area contributed by atoms with Gasteiger partial charge < -0.3 is 16.4 Å². The molecule has 1 fully saturated rings. The molecule has 0 radical (unpaired) electrons. The Morgan fingerprint density at radius 2 is 1.65 bits per heavy atom. The number of nitrogens with one attached hydrogen (secondary N) is 2. The van der Waals surface area contributed by atoms with Gasteiger partial charge in [0.2, 0.25) is 5.78 Å². The third kappa shape index (κ3) is 8.72. The van der Waals surface area contributed by atoms with Crippen LogP contribution < -0.4 is 16.4 Å². The van der Waals surface area contributed by atoms with E-state index in [0.717, 1.165) is 37.3 Å². The molecule has 8 nitrogen and oxygen atoms in total. The van der Waals surface area contributed by atoms with Gasteiger partial charge in [-0.2, -0.15) is 0 Å². The molecule has 2 aromatic carbocycles. The molecule has 1 aliphatic heterocycles. The summed E-state index contributed by atoms with van der Waals surface area (Å²) < 4.78 is 0. The number of primary amides is 1. The number of carbonyl (C=O) groups is 3. The molecule has 0 bridgehead atoms. The molecule has 0 aliphatic carbocycles. The Bertz CT molecular complexity index is 1300. The fourth-order valence-electron chi connectivity index (χ4n) is 4.55. The van der Waals surface area contributed by atoms with Crippen molar-refractivity contribution in [2.75, 3.05) is 26.2 Å². The van der Waals surface area contributed by atoms with Crippen molar-refractivity contribution in [2.24, 2.45) is 5.73 Å². The van der Waals surface area contributed by atoms with Crippen molar-refractivity contribution >= 4 is 54.6 Å². The molecular weight excluding hydrogens is 549 g/mol. The van der Waals surface area contributed by atoms with Crippen LogP contribution in [-0.4, -0.2) is 59.7 Å². The van der Waals surface area contributed by atoms with Crippen LogP contribution in [0.5, 0.6) is 0 Å². The lowest BCUT2D eigenvalue weighted by atomic mass is 10.0. The second kappa shape index (κ2) is 15.9. The normalized spacial score (nSPS) is 14.8. The minimum atomic E-state index is -1.09. The van der Waals surface area contributed by atoms with E-state index in [-0.39, 0.29) is 31.2 Å². The number of nitrogens with two attached hydrogens (primary N) is 1. The largest absolute Gasteiger partial charge is 0.363 e. The molecule has 1 saturated heterocycles. The Labute approximate surface area is 247 Å². The molecule has 212 valence electrons. The van der Waals surface area contributed by atoms with E-state index in [2.05, 4.69) is 51.7 Å². The van der Waals surface area contributed by atoms with Crippen molar-refractivity contribution in [1.82, 2.24) is 20.5 Å². The highest BCUT2D eigenvalue weighted by Crippen LogP contribution is 2.21. The highest BCUT2D eigenvalue weighted by atomic mass is 35.5. The SMILES string of the molecule is CC(c1ccc(C=Cc2ncccc2C(=O)NC(Cc2ccccc2)C(=O)C(N)=O)cc1)N1CCNCC1.Cl.Cl. The maximum absolute atomic E-state index is 13.2. The lowest BCUT2D eigenvalue weighted by Gasteiger charge is -2.33. The van der Waals surface area contributed by atoms with Crippen LogP contribution in [0.2, 0.25) is 0 Å². The molecule has 2 amide bonds. The molecular formula is C30H35Cl2N5O3. The fraction of sp³-hybridized carbons (Fsp3) is 0.267. The number of nitrogens with zero attached hydrogens (tertiary/aromatic N) is 2. The number of hydrogen-bond donors (Lipinski definition) is 3. The van der Waals surface area contributed by atoms with Crippen molar-refractivity contribution < 1.29 is 14.4 Å². The number of carbonyl (C=O) groups excluding carboxylic acids is 3. The highest BCUT2D eigenvalue weighted by Gasteiger charge is 2.26. The van der Waals surface area contributed by atoms with E-state index < -0.39 is 23.6 Å². The molecule has 2 heterocycles. The van der Waals surface area contributed by atoms with Gasteiger partial charge in [0.25, 0.3) is 11.8 Å². The summed E-state index contributed by atoms with van der Waals surface area (Å²) in [6.07, 6.45) is 5.42. The van der Waals surface area contributed by atoms with Crippen molar-refractivity contribution in [3.63, 3.8) is 0 Å². The Hall–Kier alpha value is -3.56. The summed E-state index contributed by atoms with van der Waals surface area (Å²) >= 11 is 0. The quantitative estimate of drug-likeness (QED) is 0.315. The molecule has 0 spiro atoms. The van der Waals surface area contributed by atoms with Crippen LogP contribution in [0.4, 0.5) is 0 Å². The van der Waals surface area contributed by atoms with Crippen molar-refractivity contribution in [3.05, 3.63) is 101 Å². The highest BCUT2D eigenvalue weighted by molar-refractivity contribution is 6.38. The first-order valence-electron chi connectivity index (χ1n) is 12.8. The molecule has 1 aliphatic rings. The van der Waals surface area contributed by atoms with Crippen molar-refractivity contribution in [3.8, 4) is 0 Å². The molecule has 10 heteroatoms. The number of hydrogen-bond acceptors (Lipinski definition) is 6. The van der Waals surface area contributed by atoms with E-state index in [4.69, 9.17) is 5.73 Å². The minimum absolute atomic E-state index is 0. The maximum atomic E-state index is 13.2. The first-order chi connectivity index (χ1) is 18.4. The van der Waals surface area contributed by atoms with Crippen LogP contribution in [0.25, 0.3) is 12.2 Å². The minimum Gasteiger partial charge on any atom is -0.363 e. The number of benzene rings is 2. The predicted octanol–water partition coefficient (Wildman–Crippen LogP) is 3.46. The maximum Gasteiger partial charge on any atom is 0.287 e. The summed E-state index contributed by atoms with van der Waals surface area (Å²) in [5, 5.41) is 6.06. The van der Waals surface area contributed by atoms with E-state index in [1.807, 2.05) is 36.4 Å². The summed E-state index contributed by atoms with van der Waals surface area (Å²) in [6.45, 7) is 6.31. The molecule has 2 unspecified atom stereocenters. The first-order valence-corrected chi connectivity index (χ1v) is 12.8. The summed E-state index contributed by atoms with van der Waals surface area (Å²) in [5.41, 5.74) is 9.03. The summed E-state index contributed by atoms with van der Waals surface area (Å²) in [6, 6.07) is 20.0. The summed E-state index contributed by atoms with van der Waals surface area (Å²) in [5.74, 6) is -2.45. The van der Waals surface area contributed by atoms with Crippen LogP contribution in [0, 0.1) is 0 Å². The van der Waals surface area contributed by atoms with Gasteiger partial charge >= 0.3 is 0 Å². The Kier molecular flexibility index (Phi) is 13.0. The Balaban J connectivity index is 0.00000280. The lowest BCUT2D eigenvalue weighted by molar-refractivity contribution is -0.137. The van der Waals surface area contributed by atoms with Gasteiger partial charge in [0, 0.05) is 44.8 Å². The number of ketones is 1. The fourth-order valence-corrected chi connectivity index (χ4v) is 4.55. The zero-order chi connectivity index (χ0) is 26.9. The average molecular weight is 585 g/mol. The standard InChI is InChI=1S/C30H33N5O3.2ClH/c1-21(35-18-16-32-17-19-35)24-12-9-22(10-13-24)11-14-26-25(8-5-15-33-26)30(38)34-27(28(36)29(31)37)20-23-6-3-2-4-7-23;;/h2-15,21,27,32H,16-20H2,1H3,(H2,31,37)(H,34,38);2*1H.